The normalized spacial score (nSPS) is 29.6. The van der Waals surface area contributed by atoms with E-state index in [1.54, 1.807) is 24.3 Å². The van der Waals surface area contributed by atoms with Crippen LogP contribution < -0.4 is 5.32 Å². The molecule has 2 amide bonds. The van der Waals surface area contributed by atoms with Gasteiger partial charge in [-0.2, -0.15) is 0 Å². The summed E-state index contributed by atoms with van der Waals surface area (Å²) in [6.45, 7) is 1.61. The van der Waals surface area contributed by atoms with E-state index in [2.05, 4.69) is 5.32 Å². The van der Waals surface area contributed by atoms with Crippen LogP contribution in [-0.2, 0) is 9.59 Å². The van der Waals surface area contributed by atoms with E-state index >= 15 is 0 Å². The highest BCUT2D eigenvalue weighted by Crippen LogP contribution is 2.52. The molecule has 144 valence electrons. The Morgan fingerprint density at radius 3 is 2.19 bits per heavy atom. The number of carboxylic acid groups (broad SMARTS) is 1. The lowest BCUT2D eigenvalue weighted by Gasteiger charge is -2.27. The van der Waals surface area contributed by atoms with E-state index in [0.29, 0.717) is 11.3 Å². The molecule has 2 N–H and O–H groups in total. The van der Waals surface area contributed by atoms with Crippen molar-refractivity contribution in [1.29, 1.82) is 0 Å². The van der Waals surface area contributed by atoms with Crippen molar-refractivity contribution in [3.05, 3.63) is 29.8 Å². The summed E-state index contributed by atoms with van der Waals surface area (Å²) < 4.78 is 0. The van der Waals surface area contributed by atoms with Crippen LogP contribution in [-0.4, -0.2) is 40.9 Å². The average molecular weight is 370 g/mol. The van der Waals surface area contributed by atoms with Gasteiger partial charge in [-0.3, -0.25) is 14.4 Å². The minimum atomic E-state index is -0.857. The molecule has 1 aromatic rings. The fraction of sp³-hybridized carbons (Fsp3) is 0.571. The van der Waals surface area contributed by atoms with E-state index in [1.165, 1.54) is 6.42 Å². The van der Waals surface area contributed by atoms with Crippen molar-refractivity contribution in [3.8, 4) is 0 Å². The number of likely N-dealkylation sites (tertiary alicyclic amines) is 1. The number of carbonyl (C=O) groups excluding carboxylic acids is 2. The zero-order valence-electron chi connectivity index (χ0n) is 15.4. The van der Waals surface area contributed by atoms with Crippen LogP contribution in [0.3, 0.4) is 0 Å². The van der Waals surface area contributed by atoms with E-state index in [-0.39, 0.29) is 23.7 Å². The molecule has 1 saturated heterocycles. The Kier molecular flexibility index (Phi) is 4.89. The number of anilines is 1. The summed E-state index contributed by atoms with van der Waals surface area (Å²) in [5, 5.41) is 12.4. The van der Waals surface area contributed by atoms with Gasteiger partial charge < -0.3 is 15.3 Å². The molecule has 6 nitrogen and oxygen atoms in total. The van der Waals surface area contributed by atoms with Gasteiger partial charge in [-0.25, -0.2) is 0 Å². The van der Waals surface area contributed by atoms with Crippen LogP contribution in [0, 0.1) is 23.7 Å². The summed E-state index contributed by atoms with van der Waals surface area (Å²) in [5.74, 6) is -1.73. The number of aliphatic carboxylic acids is 1. The maximum atomic E-state index is 12.7. The molecular weight excluding hydrogens is 344 g/mol. The fourth-order valence-electron chi connectivity index (χ4n) is 5.23. The van der Waals surface area contributed by atoms with E-state index in [4.69, 9.17) is 0 Å². The first kappa shape index (κ1) is 18.0. The summed E-state index contributed by atoms with van der Waals surface area (Å²) in [6, 6.07) is 6.94. The molecule has 2 saturated carbocycles. The second kappa shape index (κ2) is 7.33. The molecule has 2 aliphatic carbocycles. The van der Waals surface area contributed by atoms with Gasteiger partial charge in [0.25, 0.3) is 5.91 Å². The van der Waals surface area contributed by atoms with Gasteiger partial charge in [-0.05, 0) is 74.6 Å². The quantitative estimate of drug-likeness (QED) is 0.853. The average Bonchev–Trinajstić information content (AvgIpc) is 3.30. The van der Waals surface area contributed by atoms with Gasteiger partial charge in [0.05, 0.1) is 11.8 Å². The van der Waals surface area contributed by atoms with Gasteiger partial charge in [-0.15, -0.1) is 0 Å². The van der Waals surface area contributed by atoms with Gasteiger partial charge in [0.15, 0.2) is 0 Å². The molecule has 3 aliphatic rings. The molecule has 1 heterocycles. The number of nitrogens with one attached hydrogen (secondary N) is 1. The van der Waals surface area contributed by atoms with Crippen molar-refractivity contribution in [1.82, 2.24) is 4.90 Å². The van der Waals surface area contributed by atoms with Crippen LogP contribution in [0.25, 0.3) is 0 Å². The Hall–Kier alpha value is -2.37. The SMILES string of the molecule is O=C(O)[C@@H]1[C@H]2CC[C@@H](C2)[C@H]1C(=O)Nc1ccc(C(=O)N2CCCCC2)cc1. The van der Waals surface area contributed by atoms with Gasteiger partial charge in [-0.1, -0.05) is 0 Å². The molecule has 0 unspecified atom stereocenters. The van der Waals surface area contributed by atoms with Gasteiger partial charge in [0.2, 0.25) is 5.91 Å². The van der Waals surface area contributed by atoms with Gasteiger partial charge >= 0.3 is 5.97 Å². The number of amides is 2. The van der Waals surface area contributed by atoms with Crippen molar-refractivity contribution >= 4 is 23.5 Å². The topological polar surface area (TPSA) is 86.7 Å². The number of hydrogen-bond acceptors (Lipinski definition) is 3. The number of piperidine rings is 1. The maximum absolute atomic E-state index is 12.7. The monoisotopic (exact) mass is 370 g/mol. The Labute approximate surface area is 158 Å². The predicted molar refractivity (Wildman–Crippen MR) is 100 cm³/mol. The van der Waals surface area contributed by atoms with E-state index in [9.17, 15) is 19.5 Å². The van der Waals surface area contributed by atoms with E-state index in [1.807, 2.05) is 4.90 Å². The molecule has 2 bridgehead atoms. The summed E-state index contributed by atoms with van der Waals surface area (Å²) >= 11 is 0. The minimum Gasteiger partial charge on any atom is -0.481 e. The van der Waals surface area contributed by atoms with Gasteiger partial charge in [0.1, 0.15) is 0 Å². The minimum absolute atomic E-state index is 0.0339. The number of hydrogen-bond donors (Lipinski definition) is 2. The molecule has 3 fully saturated rings. The molecule has 1 aliphatic heterocycles. The fourth-order valence-corrected chi connectivity index (χ4v) is 5.23. The Morgan fingerprint density at radius 2 is 1.56 bits per heavy atom. The van der Waals surface area contributed by atoms with Crippen LogP contribution >= 0.6 is 0 Å². The van der Waals surface area contributed by atoms with Crippen molar-refractivity contribution in [2.75, 3.05) is 18.4 Å². The van der Waals surface area contributed by atoms with E-state index in [0.717, 1.165) is 45.2 Å². The molecule has 4 rings (SSSR count). The molecule has 27 heavy (non-hydrogen) atoms. The zero-order chi connectivity index (χ0) is 19.0. The molecule has 0 radical (unpaired) electrons. The second-order valence-corrected chi connectivity index (χ2v) is 8.14. The van der Waals surface area contributed by atoms with Crippen molar-refractivity contribution in [3.63, 3.8) is 0 Å². The van der Waals surface area contributed by atoms with Crippen LogP contribution in [0.1, 0.15) is 48.9 Å². The first-order valence-corrected chi connectivity index (χ1v) is 9.97. The maximum Gasteiger partial charge on any atom is 0.307 e. The first-order chi connectivity index (χ1) is 13.0. The Bertz CT molecular complexity index is 739. The number of rotatable bonds is 4. The summed E-state index contributed by atoms with van der Waals surface area (Å²) in [4.78, 5) is 38.7. The highest BCUT2D eigenvalue weighted by Gasteiger charge is 2.53. The molecule has 4 atom stereocenters. The number of fused-ring (bicyclic) bond motifs is 2. The summed E-state index contributed by atoms with van der Waals surface area (Å²) in [6.07, 6.45) is 5.98. The molecule has 1 aromatic carbocycles. The smallest absolute Gasteiger partial charge is 0.307 e. The lowest BCUT2D eigenvalue weighted by atomic mass is 9.78. The lowest BCUT2D eigenvalue weighted by molar-refractivity contribution is -0.148. The van der Waals surface area contributed by atoms with E-state index < -0.39 is 17.8 Å². The lowest BCUT2D eigenvalue weighted by Crippen LogP contribution is -2.37. The number of carboxylic acids is 1. The zero-order valence-corrected chi connectivity index (χ0v) is 15.4. The second-order valence-electron chi connectivity index (χ2n) is 8.14. The van der Waals surface area contributed by atoms with Crippen molar-refractivity contribution < 1.29 is 19.5 Å². The number of nitrogens with zero attached hydrogens (tertiary/aromatic N) is 1. The predicted octanol–water partition coefficient (Wildman–Crippen LogP) is 3.00. The molecular formula is C21H26N2O4. The Morgan fingerprint density at radius 1 is 0.926 bits per heavy atom. The van der Waals surface area contributed by atoms with Crippen LogP contribution in [0.5, 0.6) is 0 Å². The summed E-state index contributed by atoms with van der Waals surface area (Å²) in [7, 11) is 0. The third kappa shape index (κ3) is 3.45. The largest absolute Gasteiger partial charge is 0.481 e. The Balaban J connectivity index is 1.41. The first-order valence-electron chi connectivity index (χ1n) is 9.97. The van der Waals surface area contributed by atoms with Crippen molar-refractivity contribution in [2.45, 2.75) is 38.5 Å². The third-order valence-electron chi connectivity index (χ3n) is 6.55. The number of carbonyl (C=O) groups is 3. The summed E-state index contributed by atoms with van der Waals surface area (Å²) in [5.41, 5.74) is 1.24. The van der Waals surface area contributed by atoms with Crippen LogP contribution in [0.4, 0.5) is 5.69 Å². The third-order valence-corrected chi connectivity index (χ3v) is 6.55. The molecule has 6 heteroatoms. The number of benzene rings is 1. The van der Waals surface area contributed by atoms with Crippen LogP contribution in [0.2, 0.25) is 0 Å². The molecule has 0 spiro atoms. The van der Waals surface area contributed by atoms with Crippen LogP contribution in [0.15, 0.2) is 24.3 Å². The highest BCUT2D eigenvalue weighted by molar-refractivity contribution is 5.97. The van der Waals surface area contributed by atoms with Crippen molar-refractivity contribution in [2.24, 2.45) is 23.7 Å². The highest BCUT2D eigenvalue weighted by atomic mass is 16.4. The van der Waals surface area contributed by atoms with Gasteiger partial charge in [0, 0.05) is 24.3 Å². The molecule has 0 aromatic heterocycles. The standard InChI is InChI=1S/C21H26N2O4/c24-19(17-14-4-5-15(12-14)18(17)21(26)27)22-16-8-6-13(7-9-16)20(25)23-10-2-1-3-11-23/h6-9,14-15,17-18H,1-5,10-12H2,(H,22,24)(H,26,27)/t14-,15-,17+,18+/m0/s1.